The molecule has 0 aromatic heterocycles. The van der Waals surface area contributed by atoms with Crippen molar-refractivity contribution in [3.05, 3.63) is 0 Å². The minimum Gasteiger partial charge on any atom is -0.850 e. The van der Waals surface area contributed by atoms with E-state index in [2.05, 4.69) is 0 Å². The number of hydrogen-bond acceptors (Lipinski definition) is 1. The van der Waals surface area contributed by atoms with Crippen molar-refractivity contribution < 1.29 is 63.3 Å². The number of rotatable bonds is 1. The van der Waals surface area contributed by atoms with Gasteiger partial charge in [0.1, 0.15) is 0 Å². The van der Waals surface area contributed by atoms with E-state index in [-0.39, 0.29) is 58.2 Å². The summed E-state index contributed by atoms with van der Waals surface area (Å²) in [5.41, 5.74) is -0.708. The Labute approximate surface area is 94.3 Å². The maximum atomic E-state index is 10.5. The zero-order valence-corrected chi connectivity index (χ0v) is 10.5. The van der Waals surface area contributed by atoms with Gasteiger partial charge in [-0.1, -0.05) is 27.2 Å². The smallest absolute Gasteiger partial charge is 0.850 e. The molecule has 0 amide bonds. The molecule has 7 heavy (non-hydrogen) atoms. The molecule has 0 rings (SSSR count). The first-order valence-corrected chi connectivity index (χ1v) is 2.26. The Morgan fingerprint density at radius 2 is 1.57 bits per heavy atom. The molecule has 0 aliphatic rings. The van der Waals surface area contributed by atoms with Crippen LogP contribution in [-0.4, -0.2) is 5.60 Å². The molecule has 0 aromatic carbocycles. The average Bonchev–Trinajstić information content (AvgIpc) is 1.35. The molecule has 0 atom stereocenters. The largest absolute Gasteiger partial charge is 1.00 e. The SMILES string of the molecule is CCC(C)(C)[O-].[Rb+]. The molecule has 2 heteroatoms. The first-order chi connectivity index (χ1) is 2.56. The minimum absolute atomic E-state index is 0. The summed E-state index contributed by atoms with van der Waals surface area (Å²) in [6.07, 6.45) is 0.715. The third kappa shape index (κ3) is 11.4. The molecule has 0 bridgehead atoms. The predicted molar refractivity (Wildman–Crippen MR) is 24.4 cm³/mol. The van der Waals surface area contributed by atoms with Crippen LogP contribution in [0.3, 0.4) is 0 Å². The summed E-state index contributed by atoms with van der Waals surface area (Å²) in [5, 5.41) is 10.5. The van der Waals surface area contributed by atoms with Crippen LogP contribution in [0.1, 0.15) is 27.2 Å². The molecule has 0 aliphatic heterocycles. The molecule has 0 saturated carbocycles. The second-order valence-corrected chi connectivity index (χ2v) is 2.11. The van der Waals surface area contributed by atoms with E-state index >= 15 is 0 Å². The van der Waals surface area contributed by atoms with Gasteiger partial charge in [-0.3, -0.25) is 0 Å². The van der Waals surface area contributed by atoms with Gasteiger partial charge in [0, 0.05) is 0 Å². The molecule has 38 valence electrons. The monoisotopic (exact) mass is 172 g/mol. The summed E-state index contributed by atoms with van der Waals surface area (Å²) in [6.45, 7) is 5.27. The first kappa shape index (κ1) is 11.5. The van der Waals surface area contributed by atoms with E-state index < -0.39 is 5.60 Å². The van der Waals surface area contributed by atoms with Crippen molar-refractivity contribution in [2.24, 2.45) is 0 Å². The van der Waals surface area contributed by atoms with Gasteiger partial charge in [-0.2, -0.15) is 0 Å². The van der Waals surface area contributed by atoms with Gasteiger partial charge in [0.25, 0.3) is 0 Å². The quantitative estimate of drug-likeness (QED) is 0.430. The summed E-state index contributed by atoms with van der Waals surface area (Å²) in [7, 11) is 0. The van der Waals surface area contributed by atoms with Crippen LogP contribution in [0.15, 0.2) is 0 Å². The summed E-state index contributed by atoms with van der Waals surface area (Å²) in [4.78, 5) is 0. The van der Waals surface area contributed by atoms with Crippen molar-refractivity contribution in [1.29, 1.82) is 0 Å². The molecule has 0 spiro atoms. The fraction of sp³-hybridized carbons (Fsp3) is 1.00. The van der Waals surface area contributed by atoms with Crippen LogP contribution in [0, 0.1) is 0 Å². The van der Waals surface area contributed by atoms with Crippen molar-refractivity contribution in [1.82, 2.24) is 0 Å². The zero-order chi connectivity index (χ0) is 5.21. The fourth-order valence-corrected chi connectivity index (χ4v) is 0. The second-order valence-electron chi connectivity index (χ2n) is 2.11. The van der Waals surface area contributed by atoms with Crippen LogP contribution in [0.25, 0.3) is 0 Å². The predicted octanol–water partition coefficient (Wildman–Crippen LogP) is -2.46. The van der Waals surface area contributed by atoms with Crippen molar-refractivity contribution >= 4 is 0 Å². The molecule has 0 aromatic rings. The molecule has 0 unspecified atom stereocenters. The molecular formula is C5H11ORb. The van der Waals surface area contributed by atoms with Gasteiger partial charge in [-0.25, -0.2) is 0 Å². The van der Waals surface area contributed by atoms with E-state index in [4.69, 9.17) is 0 Å². The van der Waals surface area contributed by atoms with Gasteiger partial charge >= 0.3 is 58.2 Å². The number of hydrogen-bond donors (Lipinski definition) is 0. The van der Waals surface area contributed by atoms with Crippen LogP contribution >= 0.6 is 0 Å². The van der Waals surface area contributed by atoms with Crippen molar-refractivity contribution in [3.8, 4) is 0 Å². The molecular weight excluding hydrogens is 162 g/mol. The maximum absolute atomic E-state index is 10.5. The summed E-state index contributed by atoms with van der Waals surface area (Å²) in [5.74, 6) is 0. The summed E-state index contributed by atoms with van der Waals surface area (Å²) in [6, 6.07) is 0. The van der Waals surface area contributed by atoms with Gasteiger partial charge in [0.2, 0.25) is 0 Å². The minimum atomic E-state index is -0.708. The van der Waals surface area contributed by atoms with Gasteiger partial charge in [0.15, 0.2) is 0 Å². The molecule has 0 heterocycles. The van der Waals surface area contributed by atoms with Crippen molar-refractivity contribution in [2.75, 3.05) is 0 Å². The normalized spacial score (nSPS) is 10.3. The summed E-state index contributed by atoms with van der Waals surface area (Å²) >= 11 is 0. The molecule has 0 fully saturated rings. The van der Waals surface area contributed by atoms with Gasteiger partial charge in [-0.05, 0) is 0 Å². The third-order valence-electron chi connectivity index (χ3n) is 0.851. The molecule has 0 aliphatic carbocycles. The summed E-state index contributed by atoms with van der Waals surface area (Å²) < 4.78 is 0. The third-order valence-corrected chi connectivity index (χ3v) is 0.851. The van der Waals surface area contributed by atoms with E-state index in [1.54, 1.807) is 13.8 Å². The van der Waals surface area contributed by atoms with E-state index in [9.17, 15) is 5.11 Å². The van der Waals surface area contributed by atoms with Crippen LogP contribution in [0.5, 0.6) is 0 Å². The van der Waals surface area contributed by atoms with Gasteiger partial charge < -0.3 is 5.11 Å². The fourth-order valence-electron chi connectivity index (χ4n) is 0. The topological polar surface area (TPSA) is 23.1 Å². The maximum Gasteiger partial charge on any atom is 1.00 e. The van der Waals surface area contributed by atoms with Crippen molar-refractivity contribution in [3.63, 3.8) is 0 Å². The molecule has 0 saturated heterocycles. The first-order valence-electron chi connectivity index (χ1n) is 2.26. The zero-order valence-electron chi connectivity index (χ0n) is 5.62. The Morgan fingerprint density at radius 1 is 1.43 bits per heavy atom. The molecule has 1 nitrogen and oxygen atoms in total. The average molecular weight is 173 g/mol. The van der Waals surface area contributed by atoms with Crippen molar-refractivity contribution in [2.45, 2.75) is 32.8 Å². The van der Waals surface area contributed by atoms with E-state index in [0.717, 1.165) is 0 Å². The van der Waals surface area contributed by atoms with Gasteiger partial charge in [0.05, 0.1) is 0 Å². The standard InChI is InChI=1S/C5H11O.Rb/c1-4-5(2,3)6;/h4H2,1-3H3;/q-1;+1. The van der Waals surface area contributed by atoms with E-state index in [1.807, 2.05) is 6.92 Å². The van der Waals surface area contributed by atoms with Gasteiger partial charge in [-0.15, -0.1) is 5.60 Å². The molecule has 0 N–H and O–H groups in total. The van der Waals surface area contributed by atoms with E-state index in [1.165, 1.54) is 0 Å². The van der Waals surface area contributed by atoms with Crippen LogP contribution in [0.4, 0.5) is 0 Å². The Balaban J connectivity index is 0. The van der Waals surface area contributed by atoms with Crippen LogP contribution in [0.2, 0.25) is 0 Å². The van der Waals surface area contributed by atoms with Crippen LogP contribution < -0.4 is 63.3 Å². The Kier molecular flexibility index (Phi) is 7.63. The Morgan fingerprint density at radius 3 is 1.57 bits per heavy atom. The Bertz CT molecular complexity index is 37.8. The molecule has 0 radical (unpaired) electrons. The van der Waals surface area contributed by atoms with Crippen LogP contribution in [-0.2, 0) is 0 Å². The second kappa shape index (κ2) is 4.63. The Hall–Kier alpha value is 1.77. The van der Waals surface area contributed by atoms with E-state index in [0.29, 0.717) is 6.42 Å².